The molecule has 0 aliphatic rings. The fourth-order valence-electron chi connectivity index (χ4n) is 4.44. The van der Waals surface area contributed by atoms with Gasteiger partial charge >= 0.3 is 0 Å². The Hall–Kier alpha value is -4.63. The molecule has 0 aliphatic carbocycles. The van der Waals surface area contributed by atoms with E-state index in [1.54, 1.807) is 18.7 Å². The zero-order valence-corrected chi connectivity index (χ0v) is 17.1. The number of hydrogen-bond acceptors (Lipinski definition) is 3. The number of pyridine rings is 1. The van der Waals surface area contributed by atoms with Crippen molar-refractivity contribution in [2.45, 2.75) is 6.04 Å². The molecule has 0 amide bonds. The number of nitriles is 1. The zero-order valence-electron chi connectivity index (χ0n) is 17.1. The lowest BCUT2D eigenvalue weighted by molar-refractivity contribution is 0.679. The summed E-state index contributed by atoms with van der Waals surface area (Å²) < 4.78 is 6.26. The summed E-state index contributed by atoms with van der Waals surface area (Å²) in [4.78, 5) is 8.44. The van der Waals surface area contributed by atoms with E-state index in [0.29, 0.717) is 5.56 Å². The highest BCUT2D eigenvalue weighted by atomic mass is 15.1. The number of nitrogens with zero attached hydrogens (tertiary/aromatic N) is 6. The molecule has 6 rings (SSSR count). The molecule has 0 radical (unpaired) electrons. The van der Waals surface area contributed by atoms with E-state index in [2.05, 4.69) is 73.7 Å². The summed E-state index contributed by atoms with van der Waals surface area (Å²) in [6.07, 6.45) is 13.1. The van der Waals surface area contributed by atoms with Gasteiger partial charge in [0.25, 0.3) is 0 Å². The molecule has 4 heterocycles. The molecule has 4 aromatic heterocycles. The fraction of sp³-hybridized carbons (Fsp3) is 0.0385. The maximum atomic E-state index is 9.74. The second kappa shape index (κ2) is 7.25. The predicted molar refractivity (Wildman–Crippen MR) is 123 cm³/mol. The second-order valence-electron chi connectivity index (χ2n) is 7.73. The molecule has 0 N–H and O–H groups in total. The fourth-order valence-corrected chi connectivity index (χ4v) is 4.44. The SMILES string of the molecule is N#Cc1cc(C(c2ccc(-n3ccnc3)cc2)n2ccnc2)c2c(ccc3cccn32)c1. The molecule has 6 aromatic rings. The zero-order chi connectivity index (χ0) is 21.5. The summed E-state index contributed by atoms with van der Waals surface area (Å²) in [5.74, 6) is 0. The van der Waals surface area contributed by atoms with E-state index in [1.807, 2.05) is 41.5 Å². The van der Waals surface area contributed by atoms with Gasteiger partial charge in [0.1, 0.15) is 0 Å². The first-order valence-corrected chi connectivity index (χ1v) is 10.3. The van der Waals surface area contributed by atoms with Gasteiger partial charge in [-0.1, -0.05) is 18.2 Å². The van der Waals surface area contributed by atoms with Crippen LogP contribution in [0.15, 0.2) is 104 Å². The number of fused-ring (bicyclic) bond motifs is 3. The highest BCUT2D eigenvalue weighted by Crippen LogP contribution is 2.34. The summed E-state index contributed by atoms with van der Waals surface area (Å²) in [6.45, 7) is 0. The summed E-state index contributed by atoms with van der Waals surface area (Å²) in [7, 11) is 0. The van der Waals surface area contributed by atoms with Crippen LogP contribution in [0.5, 0.6) is 0 Å². The Morgan fingerprint density at radius 1 is 0.844 bits per heavy atom. The van der Waals surface area contributed by atoms with Crippen LogP contribution >= 0.6 is 0 Å². The minimum atomic E-state index is -0.141. The molecular weight excluding hydrogens is 396 g/mol. The van der Waals surface area contributed by atoms with Gasteiger partial charge in [-0.15, -0.1) is 0 Å². The Kier molecular flexibility index (Phi) is 4.12. The van der Waals surface area contributed by atoms with Crippen molar-refractivity contribution >= 4 is 16.4 Å². The van der Waals surface area contributed by atoms with Gasteiger partial charge in [-0.25, -0.2) is 9.97 Å². The van der Waals surface area contributed by atoms with Crippen molar-refractivity contribution < 1.29 is 0 Å². The topological polar surface area (TPSA) is 63.8 Å². The first kappa shape index (κ1) is 18.2. The summed E-state index contributed by atoms with van der Waals surface area (Å²) >= 11 is 0. The van der Waals surface area contributed by atoms with Gasteiger partial charge in [0.2, 0.25) is 0 Å². The maximum absolute atomic E-state index is 9.74. The van der Waals surface area contributed by atoms with Gasteiger partial charge in [0, 0.05) is 53.1 Å². The first-order valence-electron chi connectivity index (χ1n) is 10.3. The molecular formula is C26H18N6. The first-order chi connectivity index (χ1) is 15.8. The van der Waals surface area contributed by atoms with Crippen LogP contribution in [0.2, 0.25) is 0 Å². The minimum Gasteiger partial charge on any atom is -0.326 e. The van der Waals surface area contributed by atoms with E-state index in [-0.39, 0.29) is 6.04 Å². The Morgan fingerprint density at radius 3 is 2.44 bits per heavy atom. The van der Waals surface area contributed by atoms with Crippen LogP contribution in [0.25, 0.3) is 22.1 Å². The van der Waals surface area contributed by atoms with Crippen molar-refractivity contribution in [1.29, 1.82) is 5.26 Å². The van der Waals surface area contributed by atoms with Crippen LogP contribution in [0.1, 0.15) is 22.7 Å². The molecule has 1 atom stereocenters. The number of imidazole rings is 2. The van der Waals surface area contributed by atoms with Crippen LogP contribution in [0, 0.1) is 11.3 Å². The molecule has 0 aliphatic heterocycles. The molecule has 0 saturated heterocycles. The highest BCUT2D eigenvalue weighted by Gasteiger charge is 2.21. The molecule has 2 aromatic carbocycles. The average Bonchev–Trinajstić information content (AvgIpc) is 3.62. The van der Waals surface area contributed by atoms with Crippen LogP contribution in [-0.2, 0) is 0 Å². The monoisotopic (exact) mass is 414 g/mol. The van der Waals surface area contributed by atoms with Gasteiger partial charge in [0.05, 0.1) is 35.8 Å². The number of aromatic nitrogens is 5. The molecule has 32 heavy (non-hydrogen) atoms. The van der Waals surface area contributed by atoms with Crippen LogP contribution < -0.4 is 0 Å². The lowest BCUT2D eigenvalue weighted by Gasteiger charge is -2.23. The largest absolute Gasteiger partial charge is 0.326 e. The van der Waals surface area contributed by atoms with Crippen molar-refractivity contribution in [1.82, 2.24) is 23.5 Å². The Labute approximate surface area is 184 Å². The van der Waals surface area contributed by atoms with Crippen LogP contribution in [0.4, 0.5) is 0 Å². The second-order valence-corrected chi connectivity index (χ2v) is 7.73. The van der Waals surface area contributed by atoms with E-state index >= 15 is 0 Å². The van der Waals surface area contributed by atoms with Crippen molar-refractivity contribution in [3.63, 3.8) is 0 Å². The predicted octanol–water partition coefficient (Wildman–Crippen LogP) is 4.98. The average molecular weight is 414 g/mol. The number of benzene rings is 2. The molecule has 6 nitrogen and oxygen atoms in total. The third-order valence-corrected chi connectivity index (χ3v) is 5.88. The van der Waals surface area contributed by atoms with Crippen molar-refractivity contribution in [3.8, 4) is 11.8 Å². The smallest absolute Gasteiger partial charge is 0.0991 e. The molecule has 0 spiro atoms. The molecule has 0 fully saturated rings. The Balaban J connectivity index is 1.62. The molecule has 0 saturated carbocycles. The lowest BCUT2D eigenvalue weighted by Crippen LogP contribution is -2.13. The van der Waals surface area contributed by atoms with Crippen LogP contribution in [0.3, 0.4) is 0 Å². The third-order valence-electron chi connectivity index (χ3n) is 5.88. The van der Waals surface area contributed by atoms with E-state index < -0.39 is 0 Å². The van der Waals surface area contributed by atoms with E-state index in [4.69, 9.17) is 0 Å². The van der Waals surface area contributed by atoms with E-state index in [0.717, 1.165) is 33.2 Å². The Morgan fingerprint density at radius 2 is 1.69 bits per heavy atom. The maximum Gasteiger partial charge on any atom is 0.0991 e. The highest BCUT2D eigenvalue weighted by molar-refractivity contribution is 5.88. The van der Waals surface area contributed by atoms with E-state index in [1.165, 1.54) is 0 Å². The van der Waals surface area contributed by atoms with Crippen molar-refractivity contribution in [2.24, 2.45) is 0 Å². The van der Waals surface area contributed by atoms with Gasteiger partial charge < -0.3 is 13.5 Å². The third kappa shape index (κ3) is 2.88. The minimum absolute atomic E-state index is 0.141. The van der Waals surface area contributed by atoms with Crippen molar-refractivity contribution in [3.05, 3.63) is 121 Å². The molecule has 1 unspecified atom stereocenters. The standard InChI is InChI=1S/C26H18N6/c27-16-19-14-21-5-8-23-2-1-11-32(23)26(21)24(15-19)25(31-13-10-29-18-31)20-3-6-22(7-4-20)30-12-9-28-17-30/h1-15,17-18,25H. The summed E-state index contributed by atoms with van der Waals surface area (Å²) in [5, 5.41) is 10.8. The van der Waals surface area contributed by atoms with Gasteiger partial charge in [-0.05, 0) is 48.0 Å². The lowest BCUT2D eigenvalue weighted by atomic mass is 9.93. The number of hydrogen-bond donors (Lipinski definition) is 0. The van der Waals surface area contributed by atoms with Gasteiger partial charge in [-0.3, -0.25) is 0 Å². The van der Waals surface area contributed by atoms with Crippen molar-refractivity contribution in [2.75, 3.05) is 0 Å². The van der Waals surface area contributed by atoms with Crippen LogP contribution in [-0.4, -0.2) is 23.5 Å². The summed E-state index contributed by atoms with van der Waals surface area (Å²) in [6, 6.07) is 22.9. The normalized spacial score (nSPS) is 12.2. The van der Waals surface area contributed by atoms with Gasteiger partial charge in [-0.2, -0.15) is 5.26 Å². The number of rotatable bonds is 4. The quantitative estimate of drug-likeness (QED) is 0.408. The summed E-state index contributed by atoms with van der Waals surface area (Å²) in [5.41, 5.74) is 6.03. The van der Waals surface area contributed by atoms with E-state index in [9.17, 15) is 5.26 Å². The molecule has 6 heteroatoms. The van der Waals surface area contributed by atoms with Gasteiger partial charge in [0.15, 0.2) is 0 Å². The molecule has 152 valence electrons. The Bertz CT molecular complexity index is 1570. The molecule has 0 bridgehead atoms.